The quantitative estimate of drug-likeness (QED) is 0.840. The van der Waals surface area contributed by atoms with Gasteiger partial charge in [-0.1, -0.05) is 62.4 Å². The highest BCUT2D eigenvalue weighted by molar-refractivity contribution is 5.90. The molecule has 0 radical (unpaired) electrons. The second kappa shape index (κ2) is 7.71. The molecule has 2 heteroatoms. The molecule has 0 aliphatic heterocycles. The first kappa shape index (κ1) is 15.4. The van der Waals surface area contributed by atoms with Gasteiger partial charge in [-0.25, -0.2) is 0 Å². The lowest BCUT2D eigenvalue weighted by Crippen LogP contribution is -2.08. The first-order valence-electron chi connectivity index (χ1n) is 7.50. The van der Waals surface area contributed by atoms with E-state index < -0.39 is 0 Å². The molecule has 0 aromatic heterocycles. The molecule has 110 valence electrons. The molecule has 0 amide bonds. The number of ether oxygens (including phenoxy) is 1. The van der Waals surface area contributed by atoms with Crippen LogP contribution in [-0.4, -0.2) is 18.3 Å². The van der Waals surface area contributed by atoms with Crippen LogP contribution in [-0.2, 0) is 0 Å². The Bertz CT molecular complexity index is 649. The first-order chi connectivity index (χ1) is 10.3. The number of aliphatic hydroxyl groups excluding tert-OH is 1. The van der Waals surface area contributed by atoms with Gasteiger partial charge in [0.25, 0.3) is 0 Å². The van der Waals surface area contributed by atoms with E-state index in [0.717, 1.165) is 28.5 Å². The summed E-state index contributed by atoms with van der Waals surface area (Å²) in [5.41, 5.74) is 0.921. The minimum atomic E-state index is 0.0842. The minimum absolute atomic E-state index is 0.0842. The third-order valence-corrected chi connectivity index (χ3v) is 3.56. The fourth-order valence-corrected chi connectivity index (χ4v) is 2.06. The van der Waals surface area contributed by atoms with Crippen LogP contribution >= 0.6 is 0 Å². The van der Waals surface area contributed by atoms with E-state index in [0.29, 0.717) is 18.9 Å². The van der Waals surface area contributed by atoms with E-state index in [1.165, 1.54) is 0 Å². The Morgan fingerprint density at radius 3 is 2.76 bits per heavy atom. The van der Waals surface area contributed by atoms with Gasteiger partial charge in [-0.3, -0.25) is 0 Å². The van der Waals surface area contributed by atoms with Crippen molar-refractivity contribution in [1.29, 1.82) is 0 Å². The van der Waals surface area contributed by atoms with Gasteiger partial charge in [0.05, 0.1) is 18.8 Å². The van der Waals surface area contributed by atoms with Crippen molar-refractivity contribution in [2.75, 3.05) is 13.2 Å². The fraction of sp³-hybridized carbons (Fsp3) is 0.368. The lowest BCUT2D eigenvalue weighted by atomic mass is 10.0. The van der Waals surface area contributed by atoms with Crippen LogP contribution in [0.1, 0.15) is 32.3 Å². The third kappa shape index (κ3) is 4.00. The van der Waals surface area contributed by atoms with E-state index in [2.05, 4.69) is 43.9 Å². The third-order valence-electron chi connectivity index (χ3n) is 3.56. The van der Waals surface area contributed by atoms with Crippen LogP contribution in [0.3, 0.4) is 0 Å². The van der Waals surface area contributed by atoms with Gasteiger partial charge in [0.2, 0.25) is 0 Å². The predicted octanol–water partition coefficient (Wildman–Crippen LogP) is 4.00. The molecule has 2 aromatic carbocycles. The Morgan fingerprint density at radius 2 is 2.00 bits per heavy atom. The molecule has 0 fully saturated rings. The molecule has 1 atom stereocenters. The molecule has 0 spiro atoms. The van der Waals surface area contributed by atoms with E-state index >= 15 is 0 Å². The molecule has 0 bridgehead atoms. The predicted molar refractivity (Wildman–Crippen MR) is 87.5 cm³/mol. The molecule has 0 aliphatic carbocycles. The molecule has 2 nitrogen and oxygen atoms in total. The molecular formula is C19H22O2. The van der Waals surface area contributed by atoms with Crippen molar-refractivity contribution in [3.05, 3.63) is 42.0 Å². The van der Waals surface area contributed by atoms with Crippen LogP contribution in [0, 0.1) is 17.8 Å². The van der Waals surface area contributed by atoms with Crippen molar-refractivity contribution in [1.82, 2.24) is 0 Å². The highest BCUT2D eigenvalue weighted by Crippen LogP contribution is 2.27. The molecule has 0 heterocycles. The van der Waals surface area contributed by atoms with E-state index in [9.17, 15) is 0 Å². The number of hydrogen-bond acceptors (Lipinski definition) is 2. The molecule has 1 unspecified atom stereocenters. The van der Waals surface area contributed by atoms with E-state index in [1.54, 1.807) is 0 Å². The number of fused-ring (bicyclic) bond motifs is 1. The molecular weight excluding hydrogens is 260 g/mol. The number of hydrogen-bond donors (Lipinski definition) is 1. The van der Waals surface area contributed by atoms with E-state index in [-0.39, 0.29) is 6.61 Å². The van der Waals surface area contributed by atoms with Gasteiger partial charge in [0, 0.05) is 11.8 Å². The van der Waals surface area contributed by atoms with E-state index in [4.69, 9.17) is 9.84 Å². The molecule has 2 aromatic rings. The molecule has 0 saturated heterocycles. The maximum absolute atomic E-state index is 8.90. The topological polar surface area (TPSA) is 29.5 Å². The lowest BCUT2D eigenvalue weighted by Gasteiger charge is -2.14. The second-order valence-electron chi connectivity index (χ2n) is 5.26. The Morgan fingerprint density at radius 1 is 1.19 bits per heavy atom. The van der Waals surface area contributed by atoms with Gasteiger partial charge in [-0.05, 0) is 17.4 Å². The molecule has 0 saturated carbocycles. The summed E-state index contributed by atoms with van der Waals surface area (Å²) in [6.45, 7) is 5.12. The van der Waals surface area contributed by atoms with Crippen molar-refractivity contribution in [3.63, 3.8) is 0 Å². The molecule has 2 rings (SSSR count). The van der Waals surface area contributed by atoms with Crippen LogP contribution in [0.4, 0.5) is 0 Å². The van der Waals surface area contributed by atoms with Crippen molar-refractivity contribution in [3.8, 4) is 17.6 Å². The van der Waals surface area contributed by atoms with Crippen molar-refractivity contribution in [2.24, 2.45) is 5.92 Å². The largest absolute Gasteiger partial charge is 0.492 e. The molecule has 0 aliphatic rings. The van der Waals surface area contributed by atoms with Gasteiger partial charge in [0.1, 0.15) is 5.75 Å². The summed E-state index contributed by atoms with van der Waals surface area (Å²) in [6.07, 6.45) is 1.58. The SMILES string of the molecule is CCC(C)COc1ccc2ccccc2c1C#CCCO. The second-order valence-corrected chi connectivity index (χ2v) is 5.26. The summed E-state index contributed by atoms with van der Waals surface area (Å²) < 4.78 is 5.96. The number of benzene rings is 2. The Labute approximate surface area is 126 Å². The fourth-order valence-electron chi connectivity index (χ4n) is 2.06. The van der Waals surface area contributed by atoms with Gasteiger partial charge < -0.3 is 9.84 Å². The summed E-state index contributed by atoms with van der Waals surface area (Å²) in [6, 6.07) is 12.2. The normalized spacial score (nSPS) is 11.8. The van der Waals surface area contributed by atoms with Gasteiger partial charge in [0.15, 0.2) is 0 Å². The van der Waals surface area contributed by atoms with Crippen LogP contribution in [0.5, 0.6) is 5.75 Å². The summed E-state index contributed by atoms with van der Waals surface area (Å²) in [4.78, 5) is 0. The molecule has 1 N–H and O–H groups in total. The average molecular weight is 282 g/mol. The zero-order valence-corrected chi connectivity index (χ0v) is 12.7. The van der Waals surface area contributed by atoms with Crippen LogP contribution in [0.25, 0.3) is 10.8 Å². The average Bonchev–Trinajstić information content (AvgIpc) is 2.53. The minimum Gasteiger partial charge on any atom is -0.492 e. The van der Waals surface area contributed by atoms with Gasteiger partial charge >= 0.3 is 0 Å². The standard InChI is InChI=1S/C19H22O2/c1-3-15(2)14-21-19-12-11-16-8-4-5-9-17(16)18(19)10-6-7-13-20/h4-5,8-9,11-12,15,20H,3,7,13-14H2,1-2H3. The van der Waals surface area contributed by atoms with Crippen molar-refractivity contribution >= 4 is 10.8 Å². The zero-order valence-electron chi connectivity index (χ0n) is 12.7. The maximum atomic E-state index is 8.90. The molecule has 21 heavy (non-hydrogen) atoms. The highest BCUT2D eigenvalue weighted by atomic mass is 16.5. The van der Waals surface area contributed by atoms with Gasteiger partial charge in [-0.2, -0.15) is 0 Å². The first-order valence-corrected chi connectivity index (χ1v) is 7.50. The summed E-state index contributed by atoms with van der Waals surface area (Å²) in [5, 5.41) is 11.2. The van der Waals surface area contributed by atoms with E-state index in [1.807, 2.05) is 18.2 Å². The monoisotopic (exact) mass is 282 g/mol. The van der Waals surface area contributed by atoms with Crippen LogP contribution in [0.15, 0.2) is 36.4 Å². The number of rotatable bonds is 5. The number of aliphatic hydroxyl groups is 1. The zero-order chi connectivity index (χ0) is 15.1. The Balaban J connectivity index is 2.39. The summed E-state index contributed by atoms with van der Waals surface area (Å²) in [5.74, 6) is 7.53. The van der Waals surface area contributed by atoms with Crippen molar-refractivity contribution in [2.45, 2.75) is 26.7 Å². The summed E-state index contributed by atoms with van der Waals surface area (Å²) >= 11 is 0. The van der Waals surface area contributed by atoms with Gasteiger partial charge in [-0.15, -0.1) is 0 Å². The van der Waals surface area contributed by atoms with Crippen LogP contribution in [0.2, 0.25) is 0 Å². The smallest absolute Gasteiger partial charge is 0.135 e. The highest BCUT2D eigenvalue weighted by Gasteiger charge is 2.08. The summed E-state index contributed by atoms with van der Waals surface area (Å²) in [7, 11) is 0. The van der Waals surface area contributed by atoms with Crippen molar-refractivity contribution < 1.29 is 9.84 Å². The Kier molecular flexibility index (Phi) is 5.66. The Hall–Kier alpha value is -1.98. The lowest BCUT2D eigenvalue weighted by molar-refractivity contribution is 0.256. The van der Waals surface area contributed by atoms with Crippen LogP contribution < -0.4 is 4.74 Å². The maximum Gasteiger partial charge on any atom is 0.135 e.